The van der Waals surface area contributed by atoms with Crippen LogP contribution in [0.2, 0.25) is 0 Å². The first kappa shape index (κ1) is 19.1. The molecule has 0 radical (unpaired) electrons. The third-order valence-corrected chi connectivity index (χ3v) is 6.50. The number of hydrogen-bond acceptors (Lipinski definition) is 5. The van der Waals surface area contributed by atoms with E-state index in [1.807, 2.05) is 11.6 Å². The molecule has 0 bridgehead atoms. The highest BCUT2D eigenvalue weighted by Crippen LogP contribution is 2.36. The van der Waals surface area contributed by atoms with E-state index in [2.05, 4.69) is 47.6 Å². The lowest BCUT2D eigenvalue weighted by Crippen LogP contribution is -3.12. The van der Waals surface area contributed by atoms with Crippen LogP contribution in [0.1, 0.15) is 27.7 Å². The van der Waals surface area contributed by atoms with Gasteiger partial charge in [-0.1, -0.05) is 41.7 Å². The molecule has 2 heterocycles. The van der Waals surface area contributed by atoms with Crippen molar-refractivity contribution in [2.45, 2.75) is 26.1 Å². The second-order valence-electron chi connectivity index (χ2n) is 6.95. The summed E-state index contributed by atoms with van der Waals surface area (Å²) < 4.78 is 13.9. The van der Waals surface area contributed by atoms with Gasteiger partial charge in [0.05, 0.1) is 20.8 Å². The maximum Gasteiger partial charge on any atom is 0.184 e. The number of quaternary nitrogens is 1. The lowest BCUT2D eigenvalue weighted by molar-refractivity contribution is -0.950. The van der Waals surface area contributed by atoms with Gasteiger partial charge >= 0.3 is 0 Å². The van der Waals surface area contributed by atoms with Crippen LogP contribution in [0, 0.1) is 10.9 Å². The molecule has 0 spiro atoms. The van der Waals surface area contributed by atoms with Crippen LogP contribution < -0.4 is 14.4 Å². The zero-order valence-corrected chi connectivity index (χ0v) is 17.9. The van der Waals surface area contributed by atoms with E-state index in [1.54, 1.807) is 25.6 Å². The summed E-state index contributed by atoms with van der Waals surface area (Å²) in [6.45, 7) is 3.75. The van der Waals surface area contributed by atoms with Crippen LogP contribution >= 0.6 is 23.6 Å². The number of nitrogens with zero attached hydrogens (tertiary/aromatic N) is 2. The minimum Gasteiger partial charge on any atom is -0.493 e. The number of benzene rings is 2. The van der Waals surface area contributed by atoms with Gasteiger partial charge in [-0.15, -0.1) is 0 Å². The second kappa shape index (κ2) is 8.03. The van der Waals surface area contributed by atoms with E-state index in [1.165, 1.54) is 21.6 Å². The van der Waals surface area contributed by atoms with Gasteiger partial charge in [0.15, 0.2) is 22.1 Å². The Hall–Kier alpha value is -2.22. The van der Waals surface area contributed by atoms with Gasteiger partial charge in [-0.3, -0.25) is 0 Å². The Morgan fingerprint density at radius 2 is 1.89 bits per heavy atom. The Balaban J connectivity index is 1.80. The molecule has 1 aromatic heterocycles. The summed E-state index contributed by atoms with van der Waals surface area (Å²) in [5.41, 5.74) is 3.88. The first-order valence-electron chi connectivity index (χ1n) is 9.29. The first-order valence-corrected chi connectivity index (χ1v) is 10.5. The Bertz CT molecular complexity index is 1030. The number of hydrogen-bond donors (Lipinski definition) is 1. The zero-order valence-electron chi connectivity index (χ0n) is 16.3. The molecule has 7 heteroatoms. The Morgan fingerprint density at radius 3 is 2.54 bits per heavy atom. The highest BCUT2D eigenvalue weighted by Gasteiger charge is 2.34. The Kier molecular flexibility index (Phi) is 5.48. The van der Waals surface area contributed by atoms with E-state index in [4.69, 9.17) is 21.7 Å². The molecule has 0 amide bonds. The number of methoxy groups -OCH3 is 2. The molecule has 146 valence electrons. The van der Waals surface area contributed by atoms with Crippen molar-refractivity contribution in [3.8, 4) is 11.5 Å². The maximum absolute atomic E-state index is 5.60. The molecule has 0 saturated carbocycles. The molecule has 4 rings (SSSR count). The Morgan fingerprint density at radius 1 is 1.18 bits per heavy atom. The number of aromatic nitrogens is 2. The third-order valence-electron chi connectivity index (χ3n) is 5.27. The standard InChI is InChI=1S/C21H23N3O2S2/c1-14-22-24(21(27)28-14)13-23-10-9-16-11-18(25-2)19(26-3)12-17(16)20(23)15-7-5-4-6-8-15/h4-8,11-12,20H,9-10,13H2,1-3H3/p+1/t20-/m0/s1. The van der Waals surface area contributed by atoms with Crippen molar-refractivity contribution in [1.29, 1.82) is 0 Å². The van der Waals surface area contributed by atoms with E-state index in [0.29, 0.717) is 0 Å². The summed E-state index contributed by atoms with van der Waals surface area (Å²) in [4.78, 5) is 1.42. The molecule has 0 aliphatic carbocycles. The fourth-order valence-corrected chi connectivity index (χ4v) is 5.09. The largest absolute Gasteiger partial charge is 0.493 e. The summed E-state index contributed by atoms with van der Waals surface area (Å²) in [5.74, 6) is 1.55. The molecule has 0 saturated heterocycles. The fourth-order valence-electron chi connectivity index (χ4n) is 4.02. The zero-order chi connectivity index (χ0) is 19.7. The summed E-state index contributed by atoms with van der Waals surface area (Å²) in [6, 6.07) is 15.1. The predicted octanol–water partition coefficient (Wildman–Crippen LogP) is 3.19. The van der Waals surface area contributed by atoms with Crippen molar-refractivity contribution >= 4 is 23.6 Å². The normalized spacial score (nSPS) is 18.5. The number of fused-ring (bicyclic) bond motifs is 1. The van der Waals surface area contributed by atoms with E-state index in [-0.39, 0.29) is 6.04 Å². The highest BCUT2D eigenvalue weighted by molar-refractivity contribution is 7.73. The molecular weight excluding hydrogens is 390 g/mol. The van der Waals surface area contributed by atoms with Crippen LogP contribution in [0.3, 0.4) is 0 Å². The average Bonchev–Trinajstić information content (AvgIpc) is 3.04. The lowest BCUT2D eigenvalue weighted by atomic mass is 9.88. The molecule has 1 aliphatic heterocycles. The van der Waals surface area contributed by atoms with Crippen molar-refractivity contribution in [1.82, 2.24) is 9.78 Å². The average molecular weight is 415 g/mol. The second-order valence-corrected chi connectivity index (χ2v) is 8.78. The van der Waals surface area contributed by atoms with Gasteiger partial charge in [-0.25, -0.2) is 0 Å². The van der Waals surface area contributed by atoms with Crippen LogP contribution in [0.25, 0.3) is 0 Å². The summed E-state index contributed by atoms with van der Waals surface area (Å²) in [7, 11) is 3.37. The summed E-state index contributed by atoms with van der Waals surface area (Å²) >= 11 is 7.08. The van der Waals surface area contributed by atoms with Crippen molar-refractivity contribution in [2.75, 3.05) is 20.8 Å². The minimum absolute atomic E-state index is 0.189. The van der Waals surface area contributed by atoms with E-state index >= 15 is 0 Å². The van der Waals surface area contributed by atoms with Crippen molar-refractivity contribution in [3.63, 3.8) is 0 Å². The van der Waals surface area contributed by atoms with E-state index < -0.39 is 0 Å². The highest BCUT2D eigenvalue weighted by atomic mass is 32.1. The molecule has 1 unspecified atom stereocenters. The smallest absolute Gasteiger partial charge is 0.184 e. The van der Waals surface area contributed by atoms with Crippen LogP contribution in [-0.4, -0.2) is 30.5 Å². The van der Waals surface area contributed by atoms with Gasteiger partial charge in [-0.05, 0) is 36.8 Å². The SMILES string of the molecule is COc1cc2c(cc1OC)[C@H](c1ccccc1)[NH+](Cn1nc(C)sc1=S)CC2. The quantitative estimate of drug-likeness (QED) is 0.651. The molecule has 2 aromatic carbocycles. The molecular formula is C21H24N3O2S2+. The first-order chi connectivity index (χ1) is 13.6. The lowest BCUT2D eigenvalue weighted by Gasteiger charge is -2.35. The van der Waals surface area contributed by atoms with Gasteiger partial charge in [0.1, 0.15) is 11.0 Å². The number of aryl methyl sites for hydroxylation is 1. The number of nitrogens with one attached hydrogen (secondary N) is 1. The molecule has 5 nitrogen and oxygen atoms in total. The van der Waals surface area contributed by atoms with Gasteiger partial charge in [0, 0.05) is 17.5 Å². The summed E-state index contributed by atoms with van der Waals surface area (Å²) in [6.07, 6.45) is 0.977. The van der Waals surface area contributed by atoms with Crippen LogP contribution in [0.5, 0.6) is 11.5 Å². The van der Waals surface area contributed by atoms with Crippen molar-refractivity contribution in [2.24, 2.45) is 0 Å². The molecule has 2 atom stereocenters. The van der Waals surface area contributed by atoms with Crippen molar-refractivity contribution < 1.29 is 14.4 Å². The van der Waals surface area contributed by atoms with Gasteiger partial charge in [-0.2, -0.15) is 9.78 Å². The molecule has 0 fully saturated rings. The third kappa shape index (κ3) is 3.57. The minimum atomic E-state index is 0.189. The molecule has 1 N–H and O–H groups in total. The number of rotatable bonds is 5. The topological polar surface area (TPSA) is 40.7 Å². The van der Waals surface area contributed by atoms with Crippen LogP contribution in [0.4, 0.5) is 0 Å². The monoisotopic (exact) mass is 414 g/mol. The van der Waals surface area contributed by atoms with Crippen molar-refractivity contribution in [3.05, 3.63) is 68.1 Å². The molecule has 1 aliphatic rings. The molecule has 3 aromatic rings. The van der Waals surface area contributed by atoms with E-state index in [9.17, 15) is 0 Å². The molecule has 28 heavy (non-hydrogen) atoms. The van der Waals surface area contributed by atoms with Crippen LogP contribution in [0.15, 0.2) is 42.5 Å². The van der Waals surface area contributed by atoms with Gasteiger partial charge in [0.25, 0.3) is 0 Å². The van der Waals surface area contributed by atoms with Gasteiger partial charge in [0.2, 0.25) is 0 Å². The van der Waals surface area contributed by atoms with E-state index in [0.717, 1.165) is 40.1 Å². The van der Waals surface area contributed by atoms with Crippen LogP contribution in [-0.2, 0) is 13.1 Å². The fraction of sp³-hybridized carbons (Fsp3) is 0.333. The van der Waals surface area contributed by atoms with Gasteiger partial charge < -0.3 is 14.4 Å². The predicted molar refractivity (Wildman–Crippen MR) is 113 cm³/mol. The maximum atomic E-state index is 5.60. The Labute approximate surface area is 174 Å². The number of ether oxygens (including phenoxy) is 2. The summed E-state index contributed by atoms with van der Waals surface area (Å²) in [5, 5.41) is 5.62.